The number of hydrogen-bond donors (Lipinski definition) is 1. The van der Waals surface area contributed by atoms with E-state index in [1.54, 1.807) is 30.0 Å². The van der Waals surface area contributed by atoms with Crippen molar-refractivity contribution in [2.24, 2.45) is 0 Å². The van der Waals surface area contributed by atoms with Crippen molar-refractivity contribution >= 4 is 11.8 Å². The van der Waals surface area contributed by atoms with Gasteiger partial charge in [-0.05, 0) is 31.2 Å². The summed E-state index contributed by atoms with van der Waals surface area (Å²) in [6.45, 7) is 8.25. The van der Waals surface area contributed by atoms with E-state index < -0.39 is 0 Å². The van der Waals surface area contributed by atoms with Gasteiger partial charge in [0.25, 0.3) is 5.91 Å². The van der Waals surface area contributed by atoms with Gasteiger partial charge in [0, 0.05) is 32.7 Å². The molecule has 1 aromatic heterocycles. The lowest BCUT2D eigenvalue weighted by Gasteiger charge is -2.33. The lowest BCUT2D eigenvalue weighted by Crippen LogP contribution is -2.51. The van der Waals surface area contributed by atoms with Crippen LogP contribution in [0.15, 0.2) is 36.9 Å². The van der Waals surface area contributed by atoms with Crippen molar-refractivity contribution in [2.75, 3.05) is 39.3 Å². The van der Waals surface area contributed by atoms with Crippen LogP contribution in [0, 0.1) is 12.7 Å². The van der Waals surface area contributed by atoms with Crippen molar-refractivity contribution in [3.63, 3.8) is 0 Å². The highest BCUT2D eigenvalue weighted by Gasteiger charge is 2.26. The van der Waals surface area contributed by atoms with Gasteiger partial charge in [-0.15, -0.1) is 11.7 Å². The molecular formula is C19H23FN6O2. The number of halogens is 1. The maximum absolute atomic E-state index is 13.1. The SMILES string of the molecule is C=CCNC(=O)CN1CCN(C(=O)c2nc(C)n(-c3ccc(F)cc3)n2)CC1. The Morgan fingerprint density at radius 3 is 2.54 bits per heavy atom. The summed E-state index contributed by atoms with van der Waals surface area (Å²) in [6.07, 6.45) is 1.63. The molecule has 1 aromatic carbocycles. The lowest BCUT2D eigenvalue weighted by molar-refractivity contribution is -0.122. The van der Waals surface area contributed by atoms with Crippen molar-refractivity contribution < 1.29 is 14.0 Å². The van der Waals surface area contributed by atoms with Gasteiger partial charge >= 0.3 is 0 Å². The fourth-order valence-corrected chi connectivity index (χ4v) is 3.00. The second-order valence-electron chi connectivity index (χ2n) is 6.53. The van der Waals surface area contributed by atoms with Crippen molar-refractivity contribution in [3.05, 3.63) is 54.4 Å². The normalized spacial score (nSPS) is 14.7. The molecule has 0 radical (unpaired) electrons. The molecule has 0 spiro atoms. The third kappa shape index (κ3) is 4.61. The van der Waals surface area contributed by atoms with Crippen LogP contribution in [0.25, 0.3) is 5.69 Å². The number of aromatic nitrogens is 3. The number of rotatable bonds is 6. The smallest absolute Gasteiger partial charge is 0.293 e. The van der Waals surface area contributed by atoms with Gasteiger partial charge in [-0.25, -0.2) is 14.1 Å². The van der Waals surface area contributed by atoms with Crippen LogP contribution in [0.3, 0.4) is 0 Å². The van der Waals surface area contributed by atoms with E-state index in [1.807, 2.05) is 4.90 Å². The molecule has 8 nitrogen and oxygen atoms in total. The zero-order valence-electron chi connectivity index (χ0n) is 15.8. The lowest BCUT2D eigenvalue weighted by atomic mass is 10.3. The molecule has 9 heteroatoms. The zero-order valence-corrected chi connectivity index (χ0v) is 15.8. The van der Waals surface area contributed by atoms with Gasteiger partial charge in [0.05, 0.1) is 12.2 Å². The van der Waals surface area contributed by atoms with E-state index in [0.717, 1.165) is 0 Å². The third-order valence-electron chi connectivity index (χ3n) is 4.50. The summed E-state index contributed by atoms with van der Waals surface area (Å²) < 4.78 is 14.6. The number of nitrogens with one attached hydrogen (secondary N) is 1. The molecule has 2 heterocycles. The first-order valence-electron chi connectivity index (χ1n) is 9.06. The van der Waals surface area contributed by atoms with E-state index in [4.69, 9.17) is 0 Å². The van der Waals surface area contributed by atoms with E-state index in [1.165, 1.54) is 16.8 Å². The summed E-state index contributed by atoms with van der Waals surface area (Å²) in [7, 11) is 0. The molecule has 0 aliphatic carbocycles. The Bertz CT molecular complexity index is 856. The van der Waals surface area contributed by atoms with E-state index in [2.05, 4.69) is 22.0 Å². The molecule has 1 saturated heterocycles. The first kappa shape index (κ1) is 19.7. The highest BCUT2D eigenvalue weighted by molar-refractivity contribution is 5.90. The van der Waals surface area contributed by atoms with Crippen LogP contribution in [0.2, 0.25) is 0 Å². The van der Waals surface area contributed by atoms with Crippen LogP contribution in [0.4, 0.5) is 4.39 Å². The van der Waals surface area contributed by atoms with Gasteiger partial charge in [0.1, 0.15) is 11.6 Å². The Labute approximate surface area is 162 Å². The van der Waals surface area contributed by atoms with E-state index in [9.17, 15) is 14.0 Å². The summed E-state index contributed by atoms with van der Waals surface area (Å²) in [5.74, 6) is 0.00933. The molecule has 1 fully saturated rings. The molecule has 0 bridgehead atoms. The Kier molecular flexibility index (Phi) is 6.15. The van der Waals surface area contributed by atoms with Crippen LogP contribution in [0.5, 0.6) is 0 Å². The molecular weight excluding hydrogens is 363 g/mol. The fourth-order valence-electron chi connectivity index (χ4n) is 3.00. The second kappa shape index (κ2) is 8.75. The van der Waals surface area contributed by atoms with Crippen molar-refractivity contribution in [1.29, 1.82) is 0 Å². The number of carbonyl (C=O) groups excluding carboxylic acids is 2. The summed E-state index contributed by atoms with van der Waals surface area (Å²) in [6, 6.07) is 5.84. The standard InChI is InChI=1S/C19H23FN6O2/c1-3-8-21-17(27)13-24-9-11-25(12-10-24)19(28)18-22-14(2)26(23-18)16-6-4-15(20)5-7-16/h3-7H,1,8-13H2,2H3,(H,21,27). The average molecular weight is 386 g/mol. The predicted octanol–water partition coefficient (Wildman–Crippen LogP) is 0.775. The summed E-state index contributed by atoms with van der Waals surface area (Å²) in [4.78, 5) is 32.5. The van der Waals surface area contributed by atoms with Crippen LogP contribution < -0.4 is 5.32 Å². The van der Waals surface area contributed by atoms with Crippen molar-refractivity contribution in [3.8, 4) is 5.69 Å². The Morgan fingerprint density at radius 1 is 1.21 bits per heavy atom. The molecule has 1 aliphatic heterocycles. The molecule has 3 rings (SSSR count). The second-order valence-corrected chi connectivity index (χ2v) is 6.53. The Morgan fingerprint density at radius 2 is 1.89 bits per heavy atom. The van der Waals surface area contributed by atoms with Crippen LogP contribution >= 0.6 is 0 Å². The summed E-state index contributed by atoms with van der Waals surface area (Å²) in [5, 5.41) is 7.03. The number of amides is 2. The molecule has 148 valence electrons. The molecule has 0 saturated carbocycles. The fraction of sp³-hybridized carbons (Fsp3) is 0.368. The molecule has 0 atom stereocenters. The van der Waals surface area contributed by atoms with E-state index in [0.29, 0.717) is 50.8 Å². The maximum Gasteiger partial charge on any atom is 0.293 e. The minimum absolute atomic E-state index is 0.0602. The van der Waals surface area contributed by atoms with Gasteiger partial charge in [-0.1, -0.05) is 6.08 Å². The average Bonchev–Trinajstić information content (AvgIpc) is 3.08. The number of carbonyl (C=O) groups is 2. The largest absolute Gasteiger partial charge is 0.352 e. The minimum atomic E-state index is -0.339. The number of piperazine rings is 1. The predicted molar refractivity (Wildman–Crippen MR) is 102 cm³/mol. The van der Waals surface area contributed by atoms with Gasteiger partial charge in [-0.3, -0.25) is 14.5 Å². The summed E-state index contributed by atoms with van der Waals surface area (Å²) in [5.41, 5.74) is 0.640. The molecule has 2 aromatic rings. The van der Waals surface area contributed by atoms with Gasteiger partial charge in [-0.2, -0.15) is 0 Å². The molecule has 1 N–H and O–H groups in total. The topological polar surface area (TPSA) is 83.4 Å². The Balaban J connectivity index is 1.60. The van der Waals surface area contributed by atoms with Crippen LogP contribution in [0.1, 0.15) is 16.4 Å². The third-order valence-corrected chi connectivity index (χ3v) is 4.50. The molecule has 1 aliphatic rings. The molecule has 2 amide bonds. The monoisotopic (exact) mass is 386 g/mol. The highest BCUT2D eigenvalue weighted by Crippen LogP contribution is 2.12. The first-order valence-corrected chi connectivity index (χ1v) is 9.06. The highest BCUT2D eigenvalue weighted by atomic mass is 19.1. The number of nitrogens with zero attached hydrogens (tertiary/aromatic N) is 5. The van der Waals surface area contributed by atoms with Crippen LogP contribution in [-0.4, -0.2) is 75.6 Å². The quantitative estimate of drug-likeness (QED) is 0.742. The van der Waals surface area contributed by atoms with Gasteiger partial charge in [0.2, 0.25) is 11.7 Å². The van der Waals surface area contributed by atoms with Crippen LogP contribution in [-0.2, 0) is 4.79 Å². The molecule has 0 unspecified atom stereocenters. The van der Waals surface area contributed by atoms with E-state index >= 15 is 0 Å². The first-order chi connectivity index (χ1) is 13.5. The van der Waals surface area contributed by atoms with Crippen molar-refractivity contribution in [1.82, 2.24) is 29.9 Å². The molecule has 28 heavy (non-hydrogen) atoms. The number of benzene rings is 1. The zero-order chi connectivity index (χ0) is 20.1. The Hall–Kier alpha value is -3.07. The number of aryl methyl sites for hydroxylation is 1. The van der Waals surface area contributed by atoms with E-state index in [-0.39, 0.29) is 23.5 Å². The summed E-state index contributed by atoms with van der Waals surface area (Å²) >= 11 is 0. The maximum atomic E-state index is 13.1. The van der Waals surface area contributed by atoms with Gasteiger partial charge in [0.15, 0.2) is 0 Å². The minimum Gasteiger partial charge on any atom is -0.352 e. The van der Waals surface area contributed by atoms with Crippen molar-refractivity contribution in [2.45, 2.75) is 6.92 Å². The number of hydrogen-bond acceptors (Lipinski definition) is 5. The van der Waals surface area contributed by atoms with Gasteiger partial charge < -0.3 is 10.2 Å².